The van der Waals surface area contributed by atoms with E-state index in [1.54, 1.807) is 76.6 Å². The Morgan fingerprint density at radius 1 is 0.296 bits per heavy atom. The summed E-state index contributed by atoms with van der Waals surface area (Å²) in [5.41, 5.74) is -11.7. The number of hydrogen-bond donors (Lipinski definition) is 0. The number of aromatic nitrogens is 5. The third-order valence-electron chi connectivity index (χ3n) is 26.9. The van der Waals surface area contributed by atoms with Gasteiger partial charge in [-0.25, -0.2) is 0 Å². The van der Waals surface area contributed by atoms with Gasteiger partial charge >= 0.3 is 0 Å². The Morgan fingerprint density at radius 3 is 0.867 bits per heavy atom. The molecule has 10 aliphatic rings. The van der Waals surface area contributed by atoms with Gasteiger partial charge in [0.2, 0.25) is 0 Å². The van der Waals surface area contributed by atoms with Crippen LogP contribution in [0.4, 0.5) is 0 Å². The molecule has 0 bridgehead atoms. The van der Waals surface area contributed by atoms with Gasteiger partial charge in [0.1, 0.15) is 28.7 Å². The molecule has 15 heterocycles. The number of hydrogen-bond acceptors (Lipinski definition) is 20. The minimum atomic E-state index is -4.47. The van der Waals surface area contributed by atoms with Crippen LogP contribution in [0.15, 0.2) is 179 Å². The molecule has 0 radical (unpaired) electrons. The van der Waals surface area contributed by atoms with Crippen LogP contribution in [0.5, 0.6) is 28.7 Å². The Kier molecular flexibility index (Phi) is 21.4. The second kappa shape index (κ2) is 49.0. The first-order valence-corrected chi connectivity index (χ1v) is 50.8. The number of rotatable bonds is 35. The molecule has 0 aromatic carbocycles. The maximum atomic E-state index is 9.44. The van der Waals surface area contributed by atoms with Crippen LogP contribution in [0.3, 0.4) is 0 Å². The number of nitrogens with zero attached hydrogens (tertiary/aromatic N) is 5. The van der Waals surface area contributed by atoms with Gasteiger partial charge in [-0.1, -0.05) is 126 Å². The maximum Gasteiger partial charge on any atom is 0.132 e. The molecule has 5 spiro atoms. The van der Waals surface area contributed by atoms with Gasteiger partial charge in [-0.05, 0) is 342 Å². The minimum Gasteiger partial charge on any atom is -0.496 e. The summed E-state index contributed by atoms with van der Waals surface area (Å²) in [6, 6.07) is 33.7. The van der Waals surface area contributed by atoms with Crippen LogP contribution in [-0.4, -0.2) is 121 Å². The maximum absolute atomic E-state index is 9.44. The average Bonchev–Trinajstić information content (AvgIpc) is 1.45. The van der Waals surface area contributed by atoms with Gasteiger partial charge in [-0.2, -0.15) is 0 Å². The van der Waals surface area contributed by atoms with Gasteiger partial charge < -0.3 is 47.4 Å². The van der Waals surface area contributed by atoms with Gasteiger partial charge in [0.05, 0.1) is 66.3 Å². The van der Waals surface area contributed by atoms with E-state index in [0.717, 1.165) is 78.9 Å². The lowest BCUT2D eigenvalue weighted by atomic mass is 9.67. The summed E-state index contributed by atoms with van der Waals surface area (Å²) in [6.45, 7) is -2.57. The molecule has 5 saturated carbocycles. The highest BCUT2D eigenvalue weighted by atomic mass is 32.1. The van der Waals surface area contributed by atoms with Crippen molar-refractivity contribution in [2.24, 2.45) is 0 Å². The topological polar surface area (TPSA) is 157 Å². The van der Waals surface area contributed by atoms with Crippen molar-refractivity contribution in [2.45, 2.75) is 375 Å². The molecule has 730 valence electrons. The predicted molar refractivity (Wildman–Crippen MR) is 554 cm³/mol. The predicted octanol–water partition coefficient (Wildman–Crippen LogP) is 29.6. The van der Waals surface area contributed by atoms with E-state index in [0.29, 0.717) is 145 Å². The molecule has 5 aliphatic heterocycles. The van der Waals surface area contributed by atoms with E-state index in [1.165, 1.54) is 98.4 Å². The monoisotopic (exact) mass is 1970 g/mol. The highest BCUT2D eigenvalue weighted by molar-refractivity contribution is 7.11. The molecule has 10 aromatic rings. The zero-order valence-electron chi connectivity index (χ0n) is 122. The molecule has 2 unspecified atom stereocenters. The molecule has 10 aromatic heterocycles. The molecule has 10 fully saturated rings. The van der Waals surface area contributed by atoms with Crippen molar-refractivity contribution in [1.29, 1.82) is 0 Å². The van der Waals surface area contributed by atoms with Crippen molar-refractivity contribution in [3.63, 3.8) is 0 Å². The van der Waals surface area contributed by atoms with Gasteiger partial charge in [-0.3, -0.25) is 24.9 Å². The normalized spacial score (nSPS) is 35.9. The van der Waals surface area contributed by atoms with Crippen LogP contribution in [-0.2, 0) is 82.6 Å². The van der Waals surface area contributed by atoms with Gasteiger partial charge in [0, 0.05) is 201 Å². The fraction of sp³-hybridized carbons (Fsp3) is 0.609. The van der Waals surface area contributed by atoms with Gasteiger partial charge in [0.15, 0.2) is 0 Å². The summed E-state index contributed by atoms with van der Waals surface area (Å²) in [5.74, 6) is 1.72. The summed E-state index contributed by atoms with van der Waals surface area (Å²) < 4.78 is 439. The minimum absolute atomic E-state index is 0.0404. The second-order valence-electron chi connectivity index (χ2n) is 35.5. The Balaban J connectivity index is 0.000000156. The molecule has 5 aliphatic carbocycles. The number of pyridine rings is 5. The Bertz CT molecular complexity index is 7150. The highest BCUT2D eigenvalue weighted by Gasteiger charge is 2.54. The zero-order chi connectivity index (χ0) is 132. The van der Waals surface area contributed by atoms with Crippen LogP contribution >= 0.6 is 56.7 Å². The first kappa shape index (κ1) is 59.1. The highest BCUT2D eigenvalue weighted by Crippen LogP contribution is 2.57. The molecule has 5 saturated heterocycles. The molecule has 20 heteroatoms. The van der Waals surface area contributed by atoms with E-state index in [-0.39, 0.29) is 93.5 Å². The number of ether oxygens (including phenoxy) is 10. The van der Waals surface area contributed by atoms with Crippen molar-refractivity contribution in [1.82, 2.24) is 24.9 Å². The SMILES string of the molecule is [2H]C([2H])(CC([2H])([2H])C([2H])([2H])[C@@]1(c2ccccn2)C([2H])([2H])C([2H])([2H])OC2(C([2H])([2H])C([2H])([2H])C([2H])([2H])C2([2H])[2H])C1([2H])[2H])c1sccc1OC.[2H]C([2H])(CC([2H])([2H])c1sccc1OC)C[C@@]1(c2ccccn2)CCOC2(CC([2H])([2H])C([2H])([2H])C2)C1.[2H]C([2H])(CC([2H])([2H])c1sccc1OC)C[C@@]1(c2ccccn2)CCOC2(CCCC2)C1.[2H]C1([2H])CCC2(C1)C[C@](CC([2H])([2H])CC([2H])([2H])c1sccc1OC)(c1ccccn1)CCO2.[2H]C1([2H])CCC2(C1)C[C@](CC([2H])([2H])CC([2H])([2H])c1sccc1OC)(c1ccccn1)CCO2. The Morgan fingerprint density at radius 2 is 0.578 bits per heavy atom. The molecular formula is C115H155N5O10S5. The third-order valence-corrected chi connectivity index (χ3v) is 31.2. The lowest BCUT2D eigenvalue weighted by molar-refractivity contribution is -0.105. The van der Waals surface area contributed by atoms with Crippen LogP contribution < -0.4 is 23.7 Å². The van der Waals surface area contributed by atoms with Crippen LogP contribution in [0.2, 0.25) is 0 Å². The molecule has 0 amide bonds. The summed E-state index contributed by atoms with van der Waals surface area (Å²) in [5, 5.41) is 8.42. The fourth-order valence-electron chi connectivity index (χ4n) is 20.2. The van der Waals surface area contributed by atoms with Crippen molar-refractivity contribution in [3.05, 3.63) is 232 Å². The van der Waals surface area contributed by atoms with E-state index in [4.69, 9.17) is 102 Å². The zero-order valence-corrected chi connectivity index (χ0v) is 81.6. The van der Waals surface area contributed by atoms with Crippen LogP contribution in [0.1, 0.15) is 401 Å². The first-order chi connectivity index (χ1) is 82.5. The average molecular weight is 1970 g/mol. The number of thiophene rings is 5. The van der Waals surface area contributed by atoms with Crippen molar-refractivity contribution >= 4 is 56.7 Å². The van der Waals surface area contributed by atoms with E-state index in [1.807, 2.05) is 66.7 Å². The summed E-state index contributed by atoms with van der Waals surface area (Å²) >= 11 is 5.72. The van der Waals surface area contributed by atoms with Crippen molar-refractivity contribution in [3.8, 4) is 28.7 Å². The van der Waals surface area contributed by atoms with Crippen LogP contribution in [0.25, 0.3) is 0 Å². The van der Waals surface area contributed by atoms with Crippen molar-refractivity contribution < 1.29 is 108 Å². The van der Waals surface area contributed by atoms with Gasteiger partial charge in [0.25, 0.3) is 0 Å². The standard InChI is InChI=1S/5C23H31NO2S/c5*1-25-19-10-17-27-20(19)8-2-4-11-22(21-9-3-7-15-24-21)14-16-26-23(18-22)12-5-6-13-23/h5*3,7,9-10,15,17H,2,4-6,8,11-14,16,18H2,1H3/t5*22-/m11111/s1/i4D2,5D2,6D2,8D2,11D2,12D2,13D2,14D2,16D2,18D2;4D2,5D2,6D2,8D2;2*4D2,5D2,8D2;4D2,8D2/t2m;2*22-,23?;m. The number of methoxy groups -OCH3 is 5. The molecule has 0 N–H and O–H groups in total. The van der Waals surface area contributed by atoms with E-state index < -0.39 is 202 Å². The van der Waals surface area contributed by atoms with E-state index in [9.17, 15) is 5.48 Å². The fourth-order valence-corrected chi connectivity index (χ4v) is 24.0. The molecule has 7 atom stereocenters. The quantitative estimate of drug-likeness (QED) is 0.0369. The molecule has 135 heavy (non-hydrogen) atoms. The van der Waals surface area contributed by atoms with Crippen molar-refractivity contribution in [2.75, 3.05) is 68.5 Å². The smallest absolute Gasteiger partial charge is 0.132 e. The first-order valence-electron chi connectivity index (χ1n) is 68.4. The molecular weight excluding hydrogens is 1770 g/mol. The molecule has 20 rings (SSSR count). The van der Waals surface area contributed by atoms with Gasteiger partial charge in [-0.15, -0.1) is 56.7 Å². The van der Waals surface area contributed by atoms with E-state index >= 15 is 0 Å². The summed E-state index contributed by atoms with van der Waals surface area (Å²) in [4.78, 5) is 23.6. The Hall–Kier alpha value is -6.95. The Labute approximate surface area is 890 Å². The van der Waals surface area contributed by atoms with Crippen LogP contribution in [0, 0.1) is 0 Å². The third kappa shape index (κ3) is 25.7. The summed E-state index contributed by atoms with van der Waals surface area (Å²) in [6.07, 6.45) is -41.4. The second-order valence-corrected chi connectivity index (χ2v) is 40.1. The lowest BCUT2D eigenvalue weighted by Crippen LogP contribution is -2.46. The largest absolute Gasteiger partial charge is 0.496 e. The lowest BCUT2D eigenvalue weighted by Gasteiger charge is -2.46. The number of aryl methyl sites for hydroxylation is 5. The summed E-state index contributed by atoms with van der Waals surface area (Å²) in [7, 11) is 7.17. The molecule has 15 nitrogen and oxygen atoms in total. The van der Waals surface area contributed by atoms with E-state index in [2.05, 4.69) is 24.9 Å².